The summed E-state index contributed by atoms with van der Waals surface area (Å²) < 4.78 is 6.17. The van der Waals surface area contributed by atoms with Crippen molar-refractivity contribution in [1.29, 1.82) is 0 Å². The number of fused-ring (bicyclic) bond motifs is 7. The maximum Gasteiger partial charge on any atom is 0.331 e. The molecular weight excluding hydrogens is 560 g/mol. The average Bonchev–Trinajstić information content (AvgIpc) is 3.40. The molecule has 3 aromatic rings. The van der Waals surface area contributed by atoms with Gasteiger partial charge in [-0.3, -0.25) is 0 Å². The lowest BCUT2D eigenvalue weighted by atomic mass is 9.47. The van der Waals surface area contributed by atoms with Gasteiger partial charge in [0.25, 0.3) is 0 Å². The summed E-state index contributed by atoms with van der Waals surface area (Å²) in [5.74, 6) is 4.86. The molecule has 244 valence electrons. The number of benzene rings is 3. The van der Waals surface area contributed by atoms with Crippen molar-refractivity contribution in [3.05, 3.63) is 77.9 Å². The predicted molar refractivity (Wildman–Crippen MR) is 193 cm³/mol. The van der Waals surface area contributed by atoms with Crippen LogP contribution in [0, 0.1) is 46.3 Å². The number of carbonyl (C=O) groups is 1. The van der Waals surface area contributed by atoms with Gasteiger partial charge in [-0.2, -0.15) is 0 Å². The van der Waals surface area contributed by atoms with Gasteiger partial charge in [0, 0.05) is 12.5 Å². The van der Waals surface area contributed by atoms with Gasteiger partial charge in [-0.15, -0.1) is 0 Å². The third-order valence-electron chi connectivity index (χ3n) is 13.7. The fourth-order valence-corrected chi connectivity index (χ4v) is 11.3. The van der Waals surface area contributed by atoms with Crippen molar-refractivity contribution < 1.29 is 9.53 Å². The minimum Gasteiger partial charge on any atom is -0.459 e. The van der Waals surface area contributed by atoms with E-state index < -0.39 is 0 Å². The second-order valence-electron chi connectivity index (χ2n) is 16.7. The summed E-state index contributed by atoms with van der Waals surface area (Å²) >= 11 is 0. The molecule has 0 aromatic heterocycles. The van der Waals surface area contributed by atoms with Crippen LogP contribution >= 0.6 is 0 Å². The minimum absolute atomic E-state index is 0.0197. The number of rotatable bonds is 8. The van der Waals surface area contributed by atoms with E-state index in [1.807, 2.05) is 6.08 Å². The molecule has 0 radical (unpaired) electrons. The Morgan fingerprint density at radius 2 is 1.61 bits per heavy atom. The van der Waals surface area contributed by atoms with E-state index in [0.29, 0.717) is 5.41 Å². The fraction of sp³-hybridized carbons (Fsp3) is 0.568. The second-order valence-corrected chi connectivity index (χ2v) is 16.7. The first-order chi connectivity index (χ1) is 22.2. The first-order valence-electron chi connectivity index (χ1n) is 18.7. The van der Waals surface area contributed by atoms with Crippen molar-refractivity contribution in [1.82, 2.24) is 0 Å². The topological polar surface area (TPSA) is 26.3 Å². The largest absolute Gasteiger partial charge is 0.459 e. The summed E-state index contributed by atoms with van der Waals surface area (Å²) in [6, 6.07) is 19.1. The van der Waals surface area contributed by atoms with E-state index in [2.05, 4.69) is 95.3 Å². The average molecular weight is 617 g/mol. The van der Waals surface area contributed by atoms with Crippen molar-refractivity contribution in [2.24, 2.45) is 46.3 Å². The van der Waals surface area contributed by atoms with Crippen LogP contribution < -0.4 is 0 Å². The van der Waals surface area contributed by atoms with Gasteiger partial charge >= 0.3 is 5.97 Å². The second kappa shape index (κ2) is 12.6. The van der Waals surface area contributed by atoms with Gasteiger partial charge < -0.3 is 4.74 Å². The monoisotopic (exact) mass is 616 g/mol. The van der Waals surface area contributed by atoms with Gasteiger partial charge in [0.15, 0.2) is 0 Å². The summed E-state index contributed by atoms with van der Waals surface area (Å²) in [5, 5.41) is 4.71. The van der Waals surface area contributed by atoms with Crippen LogP contribution in [0.4, 0.5) is 0 Å². The summed E-state index contributed by atoms with van der Waals surface area (Å²) in [7, 11) is 0. The van der Waals surface area contributed by atoms with E-state index in [0.717, 1.165) is 60.3 Å². The van der Waals surface area contributed by atoms with Crippen LogP contribution in [-0.4, -0.2) is 12.1 Å². The molecule has 0 amide bonds. The Hall–Kier alpha value is -2.87. The van der Waals surface area contributed by atoms with E-state index in [-0.39, 0.29) is 17.5 Å². The van der Waals surface area contributed by atoms with Gasteiger partial charge in [-0.1, -0.05) is 114 Å². The van der Waals surface area contributed by atoms with E-state index in [4.69, 9.17) is 4.74 Å². The van der Waals surface area contributed by atoms with E-state index in [1.165, 1.54) is 72.9 Å². The molecule has 2 heteroatoms. The Morgan fingerprint density at radius 3 is 2.33 bits per heavy atom. The highest BCUT2D eigenvalue weighted by molar-refractivity contribution is 6.08. The van der Waals surface area contributed by atoms with E-state index in [1.54, 1.807) is 11.6 Å². The summed E-state index contributed by atoms with van der Waals surface area (Å²) in [6.07, 6.45) is 20.4. The maximum atomic E-state index is 13.2. The third kappa shape index (κ3) is 5.67. The lowest BCUT2D eigenvalue weighted by molar-refractivity contribution is -0.145. The molecule has 2 nitrogen and oxygen atoms in total. The molecule has 0 spiro atoms. The molecule has 0 heterocycles. The van der Waals surface area contributed by atoms with Gasteiger partial charge in [-0.05, 0) is 131 Å². The van der Waals surface area contributed by atoms with Crippen LogP contribution in [0.25, 0.3) is 27.6 Å². The Morgan fingerprint density at radius 1 is 0.891 bits per heavy atom. The molecule has 0 N–H and O–H groups in total. The molecule has 4 aliphatic carbocycles. The predicted octanol–water partition coefficient (Wildman–Crippen LogP) is 12.0. The Labute approximate surface area is 278 Å². The number of carbonyl (C=O) groups excluding carboxylic acids is 1. The summed E-state index contributed by atoms with van der Waals surface area (Å²) in [5.41, 5.74) is 3.47. The molecule has 46 heavy (non-hydrogen) atoms. The molecule has 0 bridgehead atoms. The molecule has 3 saturated carbocycles. The van der Waals surface area contributed by atoms with Crippen molar-refractivity contribution in [2.75, 3.05) is 0 Å². The standard InChI is InChI=1S/C44H56O2/c1-29(2)11-10-12-30(3)39-20-21-40-38-18-17-33-28-34(23-25-43(33,4)41(38)24-26-44(39,40)5)46-42(45)22-19-37-35-15-8-6-13-31(35)27-32-14-7-9-16-36(32)37/h6-9,13-17,19,22,27,29-30,34,38-41H,10-12,18,20-21,23-26,28H2,1-5H3/b22-19+/t30-,34-,38+,39-,40+,41+,43-,44+/m0/s1. The molecule has 0 aliphatic heterocycles. The first kappa shape index (κ1) is 31.7. The molecule has 0 saturated heterocycles. The van der Waals surface area contributed by atoms with Gasteiger partial charge in [0.1, 0.15) is 6.10 Å². The quantitative estimate of drug-likeness (QED) is 0.109. The highest BCUT2D eigenvalue weighted by Crippen LogP contribution is 2.67. The molecule has 3 aromatic carbocycles. The Kier molecular flexibility index (Phi) is 8.71. The molecule has 0 unspecified atom stereocenters. The maximum absolute atomic E-state index is 13.2. The number of hydrogen-bond donors (Lipinski definition) is 0. The van der Waals surface area contributed by atoms with Gasteiger partial charge in [0.05, 0.1) is 0 Å². The van der Waals surface area contributed by atoms with Crippen LogP contribution in [0.15, 0.2) is 72.3 Å². The smallest absolute Gasteiger partial charge is 0.331 e. The lowest BCUT2D eigenvalue weighted by Gasteiger charge is -2.58. The third-order valence-corrected chi connectivity index (χ3v) is 13.7. The van der Waals surface area contributed by atoms with Gasteiger partial charge in [0.2, 0.25) is 0 Å². The van der Waals surface area contributed by atoms with E-state index in [9.17, 15) is 4.79 Å². The van der Waals surface area contributed by atoms with Crippen LogP contribution in [0.2, 0.25) is 0 Å². The fourth-order valence-electron chi connectivity index (χ4n) is 11.3. The Bertz CT molecular complexity index is 1590. The molecular formula is C44H56O2. The van der Waals surface area contributed by atoms with Crippen molar-refractivity contribution in [3.63, 3.8) is 0 Å². The van der Waals surface area contributed by atoms with Crippen molar-refractivity contribution >= 4 is 33.6 Å². The summed E-state index contributed by atoms with van der Waals surface area (Å²) in [4.78, 5) is 13.2. The van der Waals surface area contributed by atoms with Crippen molar-refractivity contribution in [2.45, 2.75) is 111 Å². The van der Waals surface area contributed by atoms with Crippen LogP contribution in [0.5, 0.6) is 0 Å². The van der Waals surface area contributed by atoms with Crippen LogP contribution in [-0.2, 0) is 9.53 Å². The molecule has 8 atom stereocenters. The first-order valence-corrected chi connectivity index (χ1v) is 18.7. The minimum atomic E-state index is -0.215. The van der Waals surface area contributed by atoms with Crippen molar-refractivity contribution in [3.8, 4) is 0 Å². The normalized spacial score (nSPS) is 33.1. The zero-order valence-electron chi connectivity index (χ0n) is 29.1. The van der Waals surface area contributed by atoms with Crippen LogP contribution in [0.3, 0.4) is 0 Å². The zero-order valence-corrected chi connectivity index (χ0v) is 29.1. The zero-order chi connectivity index (χ0) is 32.1. The molecule has 4 aliphatic rings. The number of ether oxygens (including phenoxy) is 1. The summed E-state index contributed by atoms with van der Waals surface area (Å²) in [6.45, 7) is 12.6. The number of hydrogen-bond acceptors (Lipinski definition) is 2. The number of esters is 1. The highest BCUT2D eigenvalue weighted by Gasteiger charge is 2.59. The molecule has 3 fully saturated rings. The SMILES string of the molecule is CC(C)CCC[C@H](C)[C@@H]1CC[C@@H]2[C@H]3CC=C4C[C@@H](OC(=O)/C=C/c5c6ccccc6cc6ccccc56)CC[C@]4(C)[C@@H]3CC[C@@]21C. The molecule has 7 rings (SSSR count). The van der Waals surface area contributed by atoms with Crippen LogP contribution in [0.1, 0.15) is 111 Å². The lowest BCUT2D eigenvalue weighted by Crippen LogP contribution is -2.51. The number of allylic oxidation sites excluding steroid dienone is 1. The highest BCUT2D eigenvalue weighted by atomic mass is 16.5. The van der Waals surface area contributed by atoms with E-state index >= 15 is 0 Å². The Balaban J connectivity index is 1.02. The van der Waals surface area contributed by atoms with Gasteiger partial charge in [-0.25, -0.2) is 4.79 Å².